The molecular weight excluding hydrogens is 382 g/mol. The van der Waals surface area contributed by atoms with Gasteiger partial charge in [0, 0.05) is 11.1 Å². The first-order chi connectivity index (χ1) is 12.3. The van der Waals surface area contributed by atoms with Crippen LogP contribution >= 0.6 is 12.4 Å². The molecule has 0 amide bonds. The number of nitrogens with one attached hydrogen (secondary N) is 3. The molecule has 0 saturated carbocycles. The van der Waals surface area contributed by atoms with E-state index in [0.29, 0.717) is 0 Å². The van der Waals surface area contributed by atoms with E-state index in [0.717, 1.165) is 24.3 Å². The molecule has 2 aromatic rings. The van der Waals surface area contributed by atoms with Crippen molar-refractivity contribution in [3.05, 3.63) is 35.4 Å². The first kappa shape index (κ1) is 21.2. The lowest BCUT2D eigenvalue weighted by atomic mass is 10.2. The first-order valence-corrected chi connectivity index (χ1v) is 6.94. The molecule has 0 atom stereocenters. The predicted molar refractivity (Wildman–Crippen MR) is 99.3 cm³/mol. The van der Waals surface area contributed by atoms with E-state index in [4.69, 9.17) is 5.41 Å². The van der Waals surface area contributed by atoms with Crippen LogP contribution in [0.5, 0.6) is 34.5 Å². The molecule has 9 N–H and O–H groups in total. The lowest BCUT2D eigenvalue weighted by Gasteiger charge is -2.04. The number of aromatic hydroxyl groups is 6. The highest BCUT2D eigenvalue weighted by Crippen LogP contribution is 2.35. The molecule has 0 bridgehead atoms. The van der Waals surface area contributed by atoms with Gasteiger partial charge >= 0.3 is 0 Å². The lowest BCUT2D eigenvalue weighted by Crippen LogP contribution is -2.29. The second kappa shape index (κ2) is 9.01. The molecule has 2 rings (SSSR count). The fourth-order valence-electron chi connectivity index (χ4n) is 1.77. The smallest absolute Gasteiger partial charge is 0.230 e. The number of rotatable bonds is 4. The van der Waals surface area contributed by atoms with Gasteiger partial charge in [0.25, 0.3) is 0 Å². The summed E-state index contributed by atoms with van der Waals surface area (Å²) in [5.74, 6) is -3.73. The van der Waals surface area contributed by atoms with Crippen molar-refractivity contribution in [3.8, 4) is 34.5 Å². The van der Waals surface area contributed by atoms with E-state index in [2.05, 4.69) is 21.1 Å². The zero-order valence-electron chi connectivity index (χ0n) is 13.5. The Morgan fingerprint density at radius 1 is 0.704 bits per heavy atom. The summed E-state index contributed by atoms with van der Waals surface area (Å²) in [6, 6.07) is 4.61. The SMILES string of the molecule is Cl.N=C(NN=Cc1cc(O)c(O)c(O)c1)NN=Cc1cc(O)c(O)c(O)c1. The Bertz CT molecular complexity index is 785. The molecule has 144 valence electrons. The van der Waals surface area contributed by atoms with Crippen LogP contribution in [0.15, 0.2) is 34.5 Å². The monoisotopic (exact) mass is 397 g/mol. The minimum absolute atomic E-state index is 0. The van der Waals surface area contributed by atoms with Gasteiger partial charge in [0.05, 0.1) is 12.4 Å². The van der Waals surface area contributed by atoms with Crippen molar-refractivity contribution in [2.24, 2.45) is 10.2 Å². The van der Waals surface area contributed by atoms with Gasteiger partial charge in [0.2, 0.25) is 5.96 Å². The standard InChI is InChI=1S/C15H15N5O6.ClH/c16-15(19-17-5-7-1-9(21)13(25)10(22)2-7)20-18-6-8-3-11(23)14(26)12(24)4-8;/h1-6,21-26H,(H3,16,19,20);1H. The maximum Gasteiger partial charge on any atom is 0.230 e. The van der Waals surface area contributed by atoms with E-state index in [1.807, 2.05) is 0 Å². The molecule has 0 unspecified atom stereocenters. The topological polar surface area (TPSA) is 194 Å². The Balaban J connectivity index is 0.00000364. The number of benzene rings is 2. The minimum Gasteiger partial charge on any atom is -0.504 e. The zero-order valence-corrected chi connectivity index (χ0v) is 14.3. The molecule has 0 heterocycles. The Labute approximate surface area is 158 Å². The molecule has 0 fully saturated rings. The highest BCUT2D eigenvalue weighted by molar-refractivity contribution is 5.86. The maximum absolute atomic E-state index is 9.35. The van der Waals surface area contributed by atoms with Crippen LogP contribution in [0.25, 0.3) is 0 Å². The molecule has 0 aliphatic rings. The summed E-state index contributed by atoms with van der Waals surface area (Å²) in [6.07, 6.45) is 2.35. The van der Waals surface area contributed by atoms with E-state index < -0.39 is 34.5 Å². The highest BCUT2D eigenvalue weighted by Gasteiger charge is 2.07. The fourth-order valence-corrected chi connectivity index (χ4v) is 1.77. The number of phenolic OH excluding ortho intramolecular Hbond substituents is 6. The van der Waals surface area contributed by atoms with Crippen LogP contribution in [0, 0.1) is 5.41 Å². The molecule has 2 aromatic carbocycles. The van der Waals surface area contributed by atoms with Crippen LogP contribution in [-0.4, -0.2) is 49.0 Å². The number of nitrogens with zero attached hydrogens (tertiary/aromatic N) is 2. The summed E-state index contributed by atoms with van der Waals surface area (Å²) >= 11 is 0. The maximum atomic E-state index is 9.35. The Morgan fingerprint density at radius 3 is 1.30 bits per heavy atom. The fraction of sp³-hybridized carbons (Fsp3) is 0. The molecule has 12 heteroatoms. The zero-order chi connectivity index (χ0) is 19.3. The number of hydrogen-bond donors (Lipinski definition) is 9. The minimum atomic E-state index is -0.648. The average molecular weight is 398 g/mol. The third-order valence-corrected chi connectivity index (χ3v) is 2.96. The van der Waals surface area contributed by atoms with Gasteiger partial charge in [-0.25, -0.2) is 10.9 Å². The Hall–Kier alpha value is -3.86. The van der Waals surface area contributed by atoms with E-state index in [-0.39, 0.29) is 29.5 Å². The van der Waals surface area contributed by atoms with Crippen molar-refractivity contribution in [1.29, 1.82) is 5.41 Å². The summed E-state index contributed by atoms with van der Waals surface area (Å²) in [6.45, 7) is 0. The number of hydrazone groups is 2. The van der Waals surface area contributed by atoms with E-state index in [9.17, 15) is 30.6 Å². The summed E-state index contributed by atoms with van der Waals surface area (Å²) in [7, 11) is 0. The van der Waals surface area contributed by atoms with Gasteiger partial charge in [-0.3, -0.25) is 5.41 Å². The number of hydrogen-bond acceptors (Lipinski definition) is 9. The largest absolute Gasteiger partial charge is 0.504 e. The van der Waals surface area contributed by atoms with Crippen LogP contribution in [0.2, 0.25) is 0 Å². The second-order valence-corrected chi connectivity index (χ2v) is 4.93. The van der Waals surface area contributed by atoms with E-state index >= 15 is 0 Å². The molecule has 0 spiro atoms. The Morgan fingerprint density at radius 2 is 1.00 bits per heavy atom. The van der Waals surface area contributed by atoms with Crippen molar-refractivity contribution >= 4 is 30.8 Å². The molecule has 0 aliphatic heterocycles. The van der Waals surface area contributed by atoms with Gasteiger partial charge in [-0.2, -0.15) is 10.2 Å². The molecule has 27 heavy (non-hydrogen) atoms. The molecule has 0 saturated heterocycles. The lowest BCUT2D eigenvalue weighted by molar-refractivity contribution is 0.368. The van der Waals surface area contributed by atoms with Crippen molar-refractivity contribution in [2.75, 3.05) is 0 Å². The predicted octanol–water partition coefficient (Wildman–Crippen LogP) is 0.824. The normalized spacial score (nSPS) is 10.7. The quantitative estimate of drug-likeness (QED) is 0.156. The third kappa shape index (κ3) is 5.57. The van der Waals surface area contributed by atoms with Gasteiger partial charge in [-0.1, -0.05) is 0 Å². The summed E-state index contributed by atoms with van der Waals surface area (Å²) in [5, 5.41) is 70.7. The van der Waals surface area contributed by atoms with E-state index in [1.165, 1.54) is 12.4 Å². The number of halogens is 1. The second-order valence-electron chi connectivity index (χ2n) is 4.93. The van der Waals surface area contributed by atoms with Crippen molar-refractivity contribution < 1.29 is 30.6 Å². The van der Waals surface area contributed by atoms with Crippen LogP contribution in [0.4, 0.5) is 0 Å². The van der Waals surface area contributed by atoms with Gasteiger partial charge in [-0.15, -0.1) is 12.4 Å². The van der Waals surface area contributed by atoms with Crippen LogP contribution in [0.1, 0.15) is 11.1 Å². The number of guanidine groups is 1. The Kier molecular flexibility index (Phi) is 7.07. The molecular formula is C15H16ClN5O6. The highest BCUT2D eigenvalue weighted by atomic mass is 35.5. The van der Waals surface area contributed by atoms with Gasteiger partial charge < -0.3 is 30.6 Å². The van der Waals surface area contributed by atoms with Crippen LogP contribution in [0.3, 0.4) is 0 Å². The summed E-state index contributed by atoms with van der Waals surface area (Å²) in [5.41, 5.74) is 5.05. The van der Waals surface area contributed by atoms with Crippen molar-refractivity contribution in [2.45, 2.75) is 0 Å². The van der Waals surface area contributed by atoms with Gasteiger partial charge in [-0.05, 0) is 24.3 Å². The summed E-state index contributed by atoms with van der Waals surface area (Å²) in [4.78, 5) is 0. The molecule has 0 radical (unpaired) electrons. The molecule has 0 aromatic heterocycles. The van der Waals surface area contributed by atoms with Crippen LogP contribution < -0.4 is 10.9 Å². The van der Waals surface area contributed by atoms with E-state index in [1.54, 1.807) is 0 Å². The number of phenols is 6. The van der Waals surface area contributed by atoms with Gasteiger partial charge in [0.15, 0.2) is 34.5 Å². The van der Waals surface area contributed by atoms with Gasteiger partial charge in [0.1, 0.15) is 0 Å². The molecule has 11 nitrogen and oxygen atoms in total. The van der Waals surface area contributed by atoms with Crippen molar-refractivity contribution in [1.82, 2.24) is 10.9 Å². The summed E-state index contributed by atoms with van der Waals surface area (Å²) < 4.78 is 0. The third-order valence-electron chi connectivity index (χ3n) is 2.96. The van der Waals surface area contributed by atoms with Crippen molar-refractivity contribution in [3.63, 3.8) is 0 Å². The van der Waals surface area contributed by atoms with Crippen LogP contribution in [-0.2, 0) is 0 Å². The first-order valence-electron chi connectivity index (χ1n) is 6.94. The average Bonchev–Trinajstić information content (AvgIpc) is 2.57. The molecule has 0 aliphatic carbocycles.